The number of benzene rings is 1. The van der Waals surface area contributed by atoms with Crippen LogP contribution >= 0.6 is 23.1 Å². The number of methoxy groups -OCH3 is 1. The number of hydrogen-bond donors (Lipinski definition) is 1. The number of ether oxygens (including phenoxy) is 1. The molecule has 1 amide bonds. The van der Waals surface area contributed by atoms with E-state index < -0.39 is 11.2 Å². The standard InChI is InChI=1S/C20H21N3O3S2/c1-11(17(21)24)27-20-22-18-16(12-7-3-6-10-15(12)28-18)19(25)23(20)13-8-4-5-9-14(13)26-2/h4-5,8-9,11H,3,6-7,10H2,1-2H3,(H2,21,24). The highest BCUT2D eigenvalue weighted by molar-refractivity contribution is 8.00. The summed E-state index contributed by atoms with van der Waals surface area (Å²) in [6.45, 7) is 1.72. The highest BCUT2D eigenvalue weighted by Crippen LogP contribution is 2.36. The third-order valence-electron chi connectivity index (χ3n) is 4.97. The minimum absolute atomic E-state index is 0.118. The molecule has 1 aliphatic rings. The fourth-order valence-corrected chi connectivity index (χ4v) is 5.68. The Balaban J connectivity index is 2.02. The Morgan fingerprint density at radius 3 is 2.82 bits per heavy atom. The molecule has 6 nitrogen and oxygen atoms in total. The van der Waals surface area contributed by atoms with Crippen LogP contribution in [0.3, 0.4) is 0 Å². The molecule has 0 bridgehead atoms. The maximum atomic E-state index is 13.6. The normalized spacial score (nSPS) is 14.6. The topological polar surface area (TPSA) is 87.2 Å². The minimum atomic E-state index is -0.514. The summed E-state index contributed by atoms with van der Waals surface area (Å²) >= 11 is 2.79. The van der Waals surface area contributed by atoms with E-state index in [2.05, 4.69) is 0 Å². The zero-order valence-electron chi connectivity index (χ0n) is 15.7. The van der Waals surface area contributed by atoms with Gasteiger partial charge in [0.2, 0.25) is 5.91 Å². The van der Waals surface area contributed by atoms with Crippen molar-refractivity contribution < 1.29 is 9.53 Å². The molecule has 1 aliphatic carbocycles. The van der Waals surface area contributed by atoms with Gasteiger partial charge in [-0.15, -0.1) is 11.3 Å². The minimum Gasteiger partial charge on any atom is -0.495 e. The van der Waals surface area contributed by atoms with Gasteiger partial charge >= 0.3 is 0 Å². The van der Waals surface area contributed by atoms with Gasteiger partial charge < -0.3 is 10.5 Å². The molecule has 0 aliphatic heterocycles. The van der Waals surface area contributed by atoms with Gasteiger partial charge in [-0.3, -0.25) is 14.2 Å². The SMILES string of the molecule is COc1ccccc1-n1c(SC(C)C(N)=O)nc2sc3c(c2c1=O)CCCC3. The van der Waals surface area contributed by atoms with Crippen molar-refractivity contribution in [3.05, 3.63) is 45.1 Å². The molecule has 146 valence electrons. The van der Waals surface area contributed by atoms with Gasteiger partial charge in [-0.2, -0.15) is 0 Å². The smallest absolute Gasteiger partial charge is 0.267 e. The van der Waals surface area contributed by atoms with Crippen LogP contribution in [0.15, 0.2) is 34.2 Å². The van der Waals surface area contributed by atoms with Crippen molar-refractivity contribution in [3.8, 4) is 11.4 Å². The second-order valence-corrected chi connectivity index (χ2v) is 9.15. The van der Waals surface area contributed by atoms with E-state index in [0.717, 1.165) is 36.1 Å². The number of carbonyl (C=O) groups excluding carboxylic acids is 1. The summed E-state index contributed by atoms with van der Waals surface area (Å²) in [5, 5.41) is 0.633. The molecule has 1 unspecified atom stereocenters. The number of thiophene rings is 1. The van der Waals surface area contributed by atoms with Crippen molar-refractivity contribution in [2.45, 2.75) is 43.0 Å². The largest absolute Gasteiger partial charge is 0.495 e. The number of nitrogens with zero attached hydrogens (tertiary/aromatic N) is 2. The number of amides is 1. The molecule has 0 fully saturated rings. The summed E-state index contributed by atoms with van der Waals surface area (Å²) in [6, 6.07) is 7.33. The Hall–Kier alpha value is -2.32. The number of fused-ring (bicyclic) bond motifs is 3. The van der Waals surface area contributed by atoms with Crippen LogP contribution in [0, 0.1) is 0 Å². The van der Waals surface area contributed by atoms with Gasteiger partial charge in [0.25, 0.3) is 5.56 Å². The first-order valence-corrected chi connectivity index (χ1v) is 10.9. The highest BCUT2D eigenvalue weighted by atomic mass is 32.2. The van der Waals surface area contributed by atoms with Crippen LogP contribution in [0.4, 0.5) is 0 Å². The number of aromatic nitrogens is 2. The maximum Gasteiger partial charge on any atom is 0.267 e. The predicted molar refractivity (Wildman–Crippen MR) is 113 cm³/mol. The summed E-state index contributed by atoms with van der Waals surface area (Å²) < 4.78 is 7.04. The molecule has 4 rings (SSSR count). The highest BCUT2D eigenvalue weighted by Gasteiger charge is 2.25. The number of para-hydroxylation sites is 2. The van der Waals surface area contributed by atoms with Gasteiger partial charge in [-0.05, 0) is 50.3 Å². The first-order valence-electron chi connectivity index (χ1n) is 9.18. The van der Waals surface area contributed by atoms with Gasteiger partial charge in [0, 0.05) is 4.88 Å². The lowest BCUT2D eigenvalue weighted by molar-refractivity contribution is -0.117. The van der Waals surface area contributed by atoms with Gasteiger partial charge in [0.1, 0.15) is 10.6 Å². The average Bonchev–Trinajstić information content (AvgIpc) is 3.06. The Kier molecular flexibility index (Phi) is 5.16. The molecule has 2 heterocycles. The summed E-state index contributed by atoms with van der Waals surface area (Å²) in [5.74, 6) is 0.125. The summed E-state index contributed by atoms with van der Waals surface area (Å²) in [4.78, 5) is 32.1. The van der Waals surface area contributed by atoms with Crippen molar-refractivity contribution >= 4 is 39.2 Å². The van der Waals surface area contributed by atoms with E-state index >= 15 is 0 Å². The zero-order chi connectivity index (χ0) is 19.8. The molecule has 0 radical (unpaired) electrons. The lowest BCUT2D eigenvalue weighted by Gasteiger charge is -2.17. The second kappa shape index (κ2) is 7.60. The van der Waals surface area contributed by atoms with E-state index in [-0.39, 0.29) is 5.56 Å². The van der Waals surface area contributed by atoms with Crippen molar-refractivity contribution in [2.24, 2.45) is 5.73 Å². The number of rotatable bonds is 5. The van der Waals surface area contributed by atoms with E-state index in [4.69, 9.17) is 15.5 Å². The maximum absolute atomic E-state index is 13.6. The molecule has 2 N–H and O–H groups in total. The summed E-state index contributed by atoms with van der Waals surface area (Å²) in [7, 11) is 1.57. The fraction of sp³-hybridized carbons (Fsp3) is 0.350. The molecule has 3 aromatic rings. The molecule has 1 aromatic carbocycles. The van der Waals surface area contributed by atoms with E-state index in [9.17, 15) is 9.59 Å². The number of hydrogen-bond acceptors (Lipinski definition) is 6. The third-order valence-corrected chi connectivity index (χ3v) is 7.22. The summed E-state index contributed by atoms with van der Waals surface area (Å²) in [6.07, 6.45) is 4.12. The van der Waals surface area contributed by atoms with Crippen molar-refractivity contribution in [2.75, 3.05) is 7.11 Å². The Morgan fingerprint density at radius 1 is 1.32 bits per heavy atom. The lowest BCUT2D eigenvalue weighted by Crippen LogP contribution is -2.26. The van der Waals surface area contributed by atoms with E-state index in [0.29, 0.717) is 22.0 Å². The van der Waals surface area contributed by atoms with Gasteiger partial charge in [0.05, 0.1) is 23.4 Å². The molecule has 0 saturated carbocycles. The number of primary amides is 1. The van der Waals surface area contributed by atoms with Crippen LogP contribution < -0.4 is 16.0 Å². The molecule has 0 saturated heterocycles. The van der Waals surface area contributed by atoms with Crippen molar-refractivity contribution in [1.82, 2.24) is 9.55 Å². The van der Waals surface area contributed by atoms with Crippen LogP contribution in [0.2, 0.25) is 0 Å². The molecule has 2 aromatic heterocycles. The number of aryl methyl sites for hydroxylation is 2. The number of thioether (sulfide) groups is 1. The monoisotopic (exact) mass is 415 g/mol. The Bertz CT molecular complexity index is 1120. The Labute approximate surface area is 170 Å². The van der Waals surface area contributed by atoms with Crippen molar-refractivity contribution in [1.29, 1.82) is 0 Å². The number of nitrogens with two attached hydrogens (primary N) is 1. The van der Waals surface area contributed by atoms with Crippen molar-refractivity contribution in [3.63, 3.8) is 0 Å². The number of carbonyl (C=O) groups is 1. The van der Waals surface area contributed by atoms with Gasteiger partial charge in [-0.25, -0.2) is 4.98 Å². The first-order chi connectivity index (χ1) is 13.5. The lowest BCUT2D eigenvalue weighted by atomic mass is 9.97. The van der Waals surface area contributed by atoms with Crippen LogP contribution in [-0.4, -0.2) is 27.8 Å². The third kappa shape index (κ3) is 3.20. The van der Waals surface area contributed by atoms with Crippen LogP contribution in [-0.2, 0) is 17.6 Å². The van der Waals surface area contributed by atoms with E-state index in [1.807, 2.05) is 18.2 Å². The van der Waals surface area contributed by atoms with E-state index in [1.165, 1.54) is 16.6 Å². The first kappa shape index (κ1) is 19.0. The predicted octanol–water partition coefficient (Wildman–Crippen LogP) is 3.30. The molecule has 28 heavy (non-hydrogen) atoms. The van der Waals surface area contributed by atoms with Gasteiger partial charge in [0.15, 0.2) is 5.16 Å². The fourth-order valence-electron chi connectivity index (χ4n) is 3.51. The Morgan fingerprint density at radius 2 is 2.07 bits per heavy atom. The average molecular weight is 416 g/mol. The van der Waals surface area contributed by atoms with Crippen LogP contribution in [0.25, 0.3) is 15.9 Å². The summed E-state index contributed by atoms with van der Waals surface area (Å²) in [5.41, 5.74) is 7.09. The van der Waals surface area contributed by atoms with Crippen LogP contribution in [0.5, 0.6) is 5.75 Å². The van der Waals surface area contributed by atoms with Gasteiger partial charge in [-0.1, -0.05) is 23.9 Å². The molecule has 0 spiro atoms. The molecular weight excluding hydrogens is 394 g/mol. The molecule has 8 heteroatoms. The zero-order valence-corrected chi connectivity index (χ0v) is 17.4. The van der Waals surface area contributed by atoms with E-state index in [1.54, 1.807) is 36.0 Å². The molecule has 1 atom stereocenters. The van der Waals surface area contributed by atoms with Crippen LogP contribution in [0.1, 0.15) is 30.2 Å². The molecular formula is C20H21N3O3S2. The quantitative estimate of drug-likeness (QED) is 0.510. The second-order valence-electron chi connectivity index (χ2n) is 6.76.